The highest BCUT2D eigenvalue weighted by Gasteiger charge is 2.10. The van der Waals surface area contributed by atoms with Crippen molar-refractivity contribution in [3.8, 4) is 11.3 Å². The third kappa shape index (κ3) is 3.11. The molecule has 0 unspecified atom stereocenters. The van der Waals surface area contributed by atoms with Crippen LogP contribution in [0, 0.1) is 6.92 Å². The number of aryl methyl sites for hydroxylation is 1. The van der Waals surface area contributed by atoms with E-state index in [-0.39, 0.29) is 0 Å². The molecule has 2 N–H and O–H groups in total. The number of halogens is 1. The molecule has 5 nitrogen and oxygen atoms in total. The van der Waals surface area contributed by atoms with E-state index in [1.54, 1.807) is 0 Å². The number of nitrogens with one attached hydrogen (secondary N) is 2. The third-order valence-electron chi connectivity index (χ3n) is 3.17. The Bertz CT molecular complexity index is 739. The molecule has 0 saturated heterocycles. The van der Waals surface area contributed by atoms with Crippen molar-refractivity contribution in [3.63, 3.8) is 0 Å². The summed E-state index contributed by atoms with van der Waals surface area (Å²) in [5, 5.41) is 14.5. The fourth-order valence-corrected chi connectivity index (χ4v) is 2.50. The van der Waals surface area contributed by atoms with Gasteiger partial charge in [-0.15, -0.1) is 0 Å². The van der Waals surface area contributed by atoms with Crippen molar-refractivity contribution in [3.05, 3.63) is 58.5 Å². The van der Waals surface area contributed by atoms with Crippen LogP contribution in [0.2, 0.25) is 0 Å². The number of hydrogen-bond acceptors (Lipinski definition) is 4. The lowest BCUT2D eigenvalue weighted by Gasteiger charge is -2.08. The van der Waals surface area contributed by atoms with E-state index < -0.39 is 0 Å². The second kappa shape index (κ2) is 6.05. The zero-order valence-electron chi connectivity index (χ0n) is 11.5. The maximum atomic E-state index is 4.36. The lowest BCUT2D eigenvalue weighted by molar-refractivity contribution is 0.910. The highest BCUT2D eigenvalue weighted by molar-refractivity contribution is 9.10. The van der Waals surface area contributed by atoms with Gasteiger partial charge in [-0.05, 0) is 35.0 Å². The van der Waals surface area contributed by atoms with E-state index in [0.717, 1.165) is 32.9 Å². The van der Waals surface area contributed by atoms with Crippen LogP contribution in [0.3, 0.4) is 0 Å². The fraction of sp³-hybridized carbons (Fsp3) is 0.133. The van der Waals surface area contributed by atoms with Crippen molar-refractivity contribution >= 4 is 21.6 Å². The molecular weight excluding hydrogens is 330 g/mol. The van der Waals surface area contributed by atoms with Crippen LogP contribution in [0.5, 0.6) is 0 Å². The number of pyridine rings is 1. The number of benzene rings is 1. The molecule has 0 saturated carbocycles. The van der Waals surface area contributed by atoms with Crippen molar-refractivity contribution < 1.29 is 0 Å². The molecule has 0 bridgehead atoms. The third-order valence-corrected chi connectivity index (χ3v) is 3.61. The molecule has 0 aliphatic heterocycles. The molecule has 2 aromatic heterocycles. The van der Waals surface area contributed by atoms with E-state index in [9.17, 15) is 0 Å². The van der Waals surface area contributed by atoms with Crippen molar-refractivity contribution in [1.82, 2.24) is 20.4 Å². The van der Waals surface area contributed by atoms with Crippen LogP contribution < -0.4 is 5.32 Å². The summed E-state index contributed by atoms with van der Waals surface area (Å²) in [5.41, 5.74) is 4.72. The summed E-state index contributed by atoms with van der Waals surface area (Å²) in [6.07, 6.45) is 0. The van der Waals surface area contributed by atoms with E-state index in [2.05, 4.69) is 41.6 Å². The molecule has 0 amide bonds. The summed E-state index contributed by atoms with van der Waals surface area (Å²) in [5.74, 6) is 0. The van der Waals surface area contributed by atoms with Crippen LogP contribution in [-0.2, 0) is 6.54 Å². The standard InChI is InChI=1S/C15H14BrN5/c1-10-12(7-8-14(16)18-10)17-9-13-15(20-21-19-13)11-5-3-2-4-6-11/h2-8,17H,9H2,1H3,(H,19,20,21). The molecule has 106 valence electrons. The van der Waals surface area contributed by atoms with Gasteiger partial charge < -0.3 is 5.32 Å². The Balaban J connectivity index is 1.79. The van der Waals surface area contributed by atoms with Gasteiger partial charge in [-0.1, -0.05) is 30.3 Å². The second-order valence-corrected chi connectivity index (χ2v) is 5.42. The number of anilines is 1. The van der Waals surface area contributed by atoms with Crippen LogP contribution in [0.4, 0.5) is 5.69 Å². The fourth-order valence-electron chi connectivity index (χ4n) is 2.10. The molecular formula is C15H14BrN5. The predicted molar refractivity (Wildman–Crippen MR) is 85.8 cm³/mol. The van der Waals surface area contributed by atoms with E-state index in [1.165, 1.54) is 0 Å². The smallest absolute Gasteiger partial charge is 0.117 e. The minimum absolute atomic E-state index is 0.588. The van der Waals surface area contributed by atoms with Crippen LogP contribution in [0.15, 0.2) is 47.1 Å². The second-order valence-electron chi connectivity index (χ2n) is 4.61. The van der Waals surface area contributed by atoms with Gasteiger partial charge in [-0.3, -0.25) is 0 Å². The monoisotopic (exact) mass is 343 g/mol. The van der Waals surface area contributed by atoms with Gasteiger partial charge in [0.05, 0.1) is 17.9 Å². The molecule has 0 aliphatic rings. The number of nitrogens with zero attached hydrogens (tertiary/aromatic N) is 3. The summed E-state index contributed by atoms with van der Waals surface area (Å²) in [7, 11) is 0. The van der Waals surface area contributed by atoms with Gasteiger partial charge in [0.1, 0.15) is 16.0 Å². The molecule has 0 radical (unpaired) electrons. The van der Waals surface area contributed by atoms with Crippen LogP contribution in [0.1, 0.15) is 11.4 Å². The summed E-state index contributed by atoms with van der Waals surface area (Å²) in [6.45, 7) is 2.55. The number of hydrogen-bond donors (Lipinski definition) is 2. The lowest BCUT2D eigenvalue weighted by Crippen LogP contribution is -2.03. The van der Waals surface area contributed by atoms with Crippen molar-refractivity contribution in [2.24, 2.45) is 0 Å². The van der Waals surface area contributed by atoms with Crippen LogP contribution in [0.25, 0.3) is 11.3 Å². The van der Waals surface area contributed by atoms with Crippen LogP contribution in [-0.4, -0.2) is 20.4 Å². The molecule has 3 aromatic rings. The average Bonchev–Trinajstić information content (AvgIpc) is 2.96. The molecule has 0 atom stereocenters. The Morgan fingerprint density at radius 2 is 1.90 bits per heavy atom. The molecule has 1 aromatic carbocycles. The predicted octanol–water partition coefficient (Wildman–Crippen LogP) is 3.55. The number of aromatic nitrogens is 4. The Morgan fingerprint density at radius 1 is 1.10 bits per heavy atom. The Hall–Kier alpha value is -2.21. The molecule has 21 heavy (non-hydrogen) atoms. The van der Waals surface area contributed by atoms with Gasteiger partial charge in [-0.2, -0.15) is 15.4 Å². The first kappa shape index (κ1) is 13.8. The molecule has 2 heterocycles. The van der Waals surface area contributed by atoms with Gasteiger partial charge in [0.15, 0.2) is 0 Å². The molecule has 3 rings (SSSR count). The first-order chi connectivity index (χ1) is 10.2. The maximum Gasteiger partial charge on any atom is 0.117 e. The van der Waals surface area contributed by atoms with Crippen molar-refractivity contribution in [2.45, 2.75) is 13.5 Å². The van der Waals surface area contributed by atoms with Crippen molar-refractivity contribution in [2.75, 3.05) is 5.32 Å². The first-order valence-electron chi connectivity index (χ1n) is 6.56. The first-order valence-corrected chi connectivity index (χ1v) is 7.35. The van der Waals surface area contributed by atoms with Crippen molar-refractivity contribution in [1.29, 1.82) is 0 Å². The largest absolute Gasteiger partial charge is 0.378 e. The highest BCUT2D eigenvalue weighted by atomic mass is 79.9. The average molecular weight is 344 g/mol. The Labute approximate surface area is 130 Å². The molecule has 6 heteroatoms. The van der Waals surface area contributed by atoms with E-state index in [4.69, 9.17) is 0 Å². The van der Waals surface area contributed by atoms with E-state index >= 15 is 0 Å². The Morgan fingerprint density at radius 3 is 2.67 bits per heavy atom. The lowest BCUT2D eigenvalue weighted by atomic mass is 10.1. The summed E-state index contributed by atoms with van der Waals surface area (Å²) in [4.78, 5) is 4.36. The van der Waals surface area contributed by atoms with E-state index in [1.807, 2.05) is 49.4 Å². The quantitative estimate of drug-likeness (QED) is 0.711. The summed E-state index contributed by atoms with van der Waals surface area (Å²) >= 11 is 3.36. The van der Waals surface area contributed by atoms with Gasteiger partial charge in [0.25, 0.3) is 0 Å². The molecule has 0 spiro atoms. The normalized spacial score (nSPS) is 10.6. The summed E-state index contributed by atoms with van der Waals surface area (Å²) < 4.78 is 0.831. The molecule has 0 fully saturated rings. The topological polar surface area (TPSA) is 66.5 Å². The molecule has 0 aliphatic carbocycles. The van der Waals surface area contributed by atoms with Gasteiger partial charge >= 0.3 is 0 Å². The minimum atomic E-state index is 0.588. The highest BCUT2D eigenvalue weighted by Crippen LogP contribution is 2.21. The zero-order chi connectivity index (χ0) is 14.7. The van der Waals surface area contributed by atoms with E-state index in [0.29, 0.717) is 6.54 Å². The zero-order valence-corrected chi connectivity index (χ0v) is 13.1. The van der Waals surface area contributed by atoms with Gasteiger partial charge in [-0.25, -0.2) is 4.98 Å². The van der Waals surface area contributed by atoms with Gasteiger partial charge in [0, 0.05) is 5.56 Å². The maximum absolute atomic E-state index is 4.36. The minimum Gasteiger partial charge on any atom is -0.378 e. The number of aromatic amines is 1. The van der Waals surface area contributed by atoms with Crippen LogP contribution >= 0.6 is 15.9 Å². The SMILES string of the molecule is Cc1nc(Br)ccc1NCc1n[nH]nc1-c1ccccc1. The summed E-state index contributed by atoms with van der Waals surface area (Å²) in [6, 6.07) is 13.9. The Kier molecular flexibility index (Phi) is 3.96. The number of H-pyrrole nitrogens is 1. The number of rotatable bonds is 4. The van der Waals surface area contributed by atoms with Gasteiger partial charge in [0.2, 0.25) is 0 Å².